The molecule has 0 aromatic rings. The second kappa shape index (κ2) is 13.4. The average molecular weight is 679 g/mol. The molecule has 0 spiro atoms. The van der Waals surface area contributed by atoms with Gasteiger partial charge in [-0.2, -0.15) is 8.42 Å². The lowest BCUT2D eigenvalue weighted by Gasteiger charge is -2.66. The number of hydrogen-bond donors (Lipinski definition) is 6. The highest BCUT2D eigenvalue weighted by atomic mass is 32.3. The fraction of sp³-hybridized carbons (Fsp3) is 1.00. The summed E-state index contributed by atoms with van der Waals surface area (Å²) in [6.45, 7) is 10.4. The topological polar surface area (TPSA) is 192 Å². The molecule has 4 aliphatic carbocycles. The van der Waals surface area contributed by atoms with Gasteiger partial charge in [0, 0.05) is 19.4 Å². The molecular weight excluding hydrogens is 620 g/mol. The molecule has 5 aliphatic rings. The van der Waals surface area contributed by atoms with E-state index in [0.29, 0.717) is 25.7 Å². The van der Waals surface area contributed by atoms with Crippen molar-refractivity contribution in [2.24, 2.45) is 46.3 Å². The molecule has 0 amide bonds. The zero-order chi connectivity index (χ0) is 34.0. The summed E-state index contributed by atoms with van der Waals surface area (Å²) in [5, 5.41) is 56.8. The maximum absolute atomic E-state index is 12.6. The molecule has 13 heteroatoms. The van der Waals surface area contributed by atoms with Gasteiger partial charge in [-0.3, -0.25) is 4.55 Å². The molecule has 12 nitrogen and oxygen atoms in total. The van der Waals surface area contributed by atoms with Crippen LogP contribution < -0.4 is 0 Å². The second-order valence-electron chi connectivity index (χ2n) is 16.2. The van der Waals surface area contributed by atoms with Crippen LogP contribution in [0.25, 0.3) is 0 Å². The van der Waals surface area contributed by atoms with E-state index in [9.17, 15) is 34.0 Å². The van der Waals surface area contributed by atoms with Gasteiger partial charge in [0.1, 0.15) is 18.3 Å². The van der Waals surface area contributed by atoms with Gasteiger partial charge in [0.05, 0.1) is 36.6 Å². The van der Waals surface area contributed by atoms with Crippen LogP contribution in [-0.2, 0) is 28.8 Å². The Balaban J connectivity index is 1.26. The molecule has 4 saturated carbocycles. The molecule has 1 saturated heterocycles. The molecule has 16 atom stereocenters. The number of hydrogen-bond acceptors (Lipinski definition) is 11. The average Bonchev–Trinajstić information content (AvgIpc) is 3.23. The van der Waals surface area contributed by atoms with Crippen molar-refractivity contribution in [1.29, 1.82) is 0 Å². The number of ether oxygens (including phenoxy) is 3. The number of rotatable bonds is 10. The van der Waals surface area contributed by atoms with Gasteiger partial charge in [0.15, 0.2) is 6.29 Å². The Morgan fingerprint density at radius 3 is 2.26 bits per heavy atom. The quantitative estimate of drug-likeness (QED) is 0.185. The van der Waals surface area contributed by atoms with Crippen LogP contribution in [0, 0.1) is 46.3 Å². The first kappa shape index (κ1) is 36.8. The van der Waals surface area contributed by atoms with Crippen molar-refractivity contribution in [3.8, 4) is 0 Å². The molecule has 5 rings (SSSR count). The Morgan fingerprint density at radius 1 is 0.957 bits per heavy atom. The summed E-state index contributed by atoms with van der Waals surface area (Å²) in [6, 6.07) is 0. The summed E-state index contributed by atoms with van der Waals surface area (Å²) in [4.78, 5) is 0. The Morgan fingerprint density at radius 2 is 1.63 bits per heavy atom. The largest absolute Gasteiger partial charge is 0.397 e. The van der Waals surface area contributed by atoms with E-state index >= 15 is 0 Å². The monoisotopic (exact) mass is 678 g/mol. The van der Waals surface area contributed by atoms with Gasteiger partial charge in [0.2, 0.25) is 0 Å². The normalized spacial score (nSPS) is 49.2. The zero-order valence-electron chi connectivity index (χ0n) is 28.2. The minimum Gasteiger partial charge on any atom is -0.393 e. The molecule has 6 N–H and O–H groups in total. The van der Waals surface area contributed by atoms with Crippen LogP contribution in [-0.4, -0.2) is 107 Å². The predicted molar refractivity (Wildman–Crippen MR) is 167 cm³/mol. The highest BCUT2D eigenvalue weighted by molar-refractivity contribution is 7.80. The molecule has 0 radical (unpaired) electrons. The molecule has 0 bridgehead atoms. The second-order valence-corrected chi connectivity index (χ2v) is 17.3. The number of fused-ring (bicyclic) bond motifs is 5. The van der Waals surface area contributed by atoms with Crippen molar-refractivity contribution in [2.75, 3.05) is 13.7 Å². The molecule has 0 aromatic carbocycles. The van der Waals surface area contributed by atoms with Crippen LogP contribution in [0.1, 0.15) is 92.4 Å². The van der Waals surface area contributed by atoms with E-state index in [2.05, 4.69) is 25.0 Å². The summed E-state index contributed by atoms with van der Waals surface area (Å²) in [6.07, 6.45) is -0.970. The fourth-order valence-electron chi connectivity index (χ4n) is 11.2. The third-order valence-electron chi connectivity index (χ3n) is 13.3. The smallest absolute Gasteiger partial charge is 0.393 e. The molecule has 2 unspecified atom stereocenters. The summed E-state index contributed by atoms with van der Waals surface area (Å²) < 4.78 is 53.4. The Labute approximate surface area is 274 Å². The molecule has 1 heterocycles. The first-order valence-electron chi connectivity index (χ1n) is 17.3. The lowest BCUT2D eigenvalue weighted by Crippen LogP contribution is -2.68. The molecule has 46 heavy (non-hydrogen) atoms. The third-order valence-corrected chi connectivity index (χ3v) is 13.8. The van der Waals surface area contributed by atoms with E-state index in [4.69, 9.17) is 18.8 Å². The summed E-state index contributed by atoms with van der Waals surface area (Å²) in [5.74, 6) is -0.0457. The minimum absolute atomic E-state index is 0.0401. The lowest BCUT2D eigenvalue weighted by molar-refractivity contribution is -0.287. The fourth-order valence-corrected chi connectivity index (χ4v) is 11.6. The summed E-state index contributed by atoms with van der Waals surface area (Å²) in [5.41, 5.74) is -1.78. The number of methoxy groups -OCH3 is 1. The SMILES string of the molecule is COC1C(O)[C@H](O[C@@H](CC[C@@H](C)[C@H]2C[C@H](O)[C@@H]3[C@]2(C)CC[C@@H]2[C@@]4(C)CC[C@H](O)C[C@@H]4[C@@H](O)C[C@]23O)C(C)C)OC[C@H]1OS(=O)(=O)O. The molecule has 5 fully saturated rings. The van der Waals surface area contributed by atoms with E-state index in [1.54, 1.807) is 0 Å². The molecule has 1 aliphatic heterocycles. The summed E-state index contributed by atoms with van der Waals surface area (Å²) >= 11 is 0. The first-order chi connectivity index (χ1) is 21.4. The van der Waals surface area contributed by atoms with Crippen molar-refractivity contribution in [3.63, 3.8) is 0 Å². The number of aliphatic hydroxyl groups is 5. The zero-order valence-corrected chi connectivity index (χ0v) is 29.0. The van der Waals surface area contributed by atoms with E-state index < -0.39 is 58.9 Å². The van der Waals surface area contributed by atoms with Gasteiger partial charge >= 0.3 is 10.4 Å². The Kier molecular flexibility index (Phi) is 10.7. The summed E-state index contributed by atoms with van der Waals surface area (Å²) in [7, 11) is -3.47. The van der Waals surface area contributed by atoms with Crippen molar-refractivity contribution in [2.45, 2.75) is 147 Å². The molecule has 268 valence electrons. The maximum atomic E-state index is 12.6. The van der Waals surface area contributed by atoms with E-state index in [0.717, 1.165) is 25.7 Å². The van der Waals surface area contributed by atoms with Gasteiger partial charge in [-0.15, -0.1) is 0 Å². The van der Waals surface area contributed by atoms with Crippen molar-refractivity contribution in [1.82, 2.24) is 0 Å². The molecule has 0 aromatic heterocycles. The van der Waals surface area contributed by atoms with Crippen LogP contribution >= 0.6 is 0 Å². The van der Waals surface area contributed by atoms with E-state index in [-0.39, 0.29) is 65.5 Å². The molecular formula is C33H58O12S. The van der Waals surface area contributed by atoms with Crippen molar-refractivity contribution in [3.05, 3.63) is 0 Å². The predicted octanol–water partition coefficient (Wildman–Crippen LogP) is 2.44. The van der Waals surface area contributed by atoms with Crippen LogP contribution in [0.2, 0.25) is 0 Å². The lowest BCUT2D eigenvalue weighted by atomic mass is 9.42. The van der Waals surface area contributed by atoms with Crippen LogP contribution in [0.3, 0.4) is 0 Å². The standard InChI is InChI=1S/C33H58O12S/c1-17(2)24(44-30-27(37)28(42-6)25(16-43-30)45-46(39,40)41)8-7-18(3)20-14-22(35)29-32(20,5)12-10-26-31(4)11-9-19(34)13-21(31)23(36)15-33(26,29)38/h17-30,34-38H,7-16H2,1-6H3,(H,39,40,41)/t18-,19+,20-,21-,22+,23+,24+,25-,26-,27?,28?,29-,30+,31+,32-,33+/m1/s1. The first-order valence-corrected chi connectivity index (χ1v) is 18.6. The van der Waals surface area contributed by atoms with Crippen molar-refractivity contribution >= 4 is 10.4 Å². The minimum atomic E-state index is -4.78. The van der Waals surface area contributed by atoms with Gasteiger partial charge < -0.3 is 39.7 Å². The van der Waals surface area contributed by atoms with Crippen LogP contribution in [0.4, 0.5) is 0 Å². The van der Waals surface area contributed by atoms with E-state index in [1.165, 1.54) is 7.11 Å². The van der Waals surface area contributed by atoms with Gasteiger partial charge in [0.25, 0.3) is 0 Å². The van der Waals surface area contributed by atoms with Gasteiger partial charge in [-0.1, -0.05) is 34.6 Å². The van der Waals surface area contributed by atoms with E-state index in [1.807, 2.05) is 13.8 Å². The highest BCUT2D eigenvalue weighted by Gasteiger charge is 2.70. The van der Waals surface area contributed by atoms with Gasteiger partial charge in [-0.05, 0) is 91.8 Å². The number of aliphatic hydroxyl groups excluding tert-OH is 4. The third kappa shape index (κ3) is 6.57. The van der Waals surface area contributed by atoms with Crippen LogP contribution in [0.5, 0.6) is 0 Å². The van der Waals surface area contributed by atoms with Gasteiger partial charge in [-0.25, -0.2) is 4.18 Å². The Hall–Kier alpha value is -0.450. The highest BCUT2D eigenvalue weighted by Crippen LogP contribution is 2.69. The van der Waals surface area contributed by atoms with Crippen LogP contribution in [0.15, 0.2) is 0 Å². The Bertz CT molecular complexity index is 1170. The van der Waals surface area contributed by atoms with Crippen molar-refractivity contribution < 1.29 is 56.9 Å². The maximum Gasteiger partial charge on any atom is 0.397 e.